The van der Waals surface area contributed by atoms with Crippen LogP contribution in [0.3, 0.4) is 0 Å². The van der Waals surface area contributed by atoms with Crippen LogP contribution in [0.2, 0.25) is 0 Å². The number of unbranched alkanes of at least 4 members (excludes halogenated alkanes) is 5. The summed E-state index contributed by atoms with van der Waals surface area (Å²) in [5, 5.41) is 8.53. The van der Waals surface area contributed by atoms with Crippen molar-refractivity contribution in [3.8, 4) is 0 Å². The molecule has 0 bridgehead atoms. The Morgan fingerprint density at radius 2 is 1.76 bits per heavy atom. The lowest BCUT2D eigenvalue weighted by molar-refractivity contribution is -0.146. The van der Waals surface area contributed by atoms with Gasteiger partial charge in [0.1, 0.15) is 0 Å². The largest absolute Gasteiger partial charge is 0.479 e. The molecule has 1 saturated heterocycles. The van der Waals surface area contributed by atoms with Crippen molar-refractivity contribution in [1.82, 2.24) is 0 Å². The van der Waals surface area contributed by atoms with E-state index in [1.807, 2.05) is 0 Å². The van der Waals surface area contributed by atoms with E-state index in [2.05, 4.69) is 11.7 Å². The molecule has 5 nitrogen and oxygen atoms in total. The van der Waals surface area contributed by atoms with Crippen LogP contribution in [0.4, 0.5) is 0 Å². The zero-order valence-electron chi connectivity index (χ0n) is 10.2. The second kappa shape index (κ2) is 7.27. The fourth-order valence-electron chi connectivity index (χ4n) is 1.62. The number of carbonyl (C=O) groups excluding carboxylic acids is 1. The van der Waals surface area contributed by atoms with Crippen LogP contribution in [-0.2, 0) is 19.1 Å². The molecule has 0 spiro atoms. The van der Waals surface area contributed by atoms with Gasteiger partial charge in [-0.2, -0.15) is 0 Å². The van der Waals surface area contributed by atoms with Gasteiger partial charge < -0.3 is 14.6 Å². The summed E-state index contributed by atoms with van der Waals surface area (Å²) in [5.41, 5.74) is 0. The lowest BCUT2D eigenvalue weighted by Crippen LogP contribution is -2.18. The van der Waals surface area contributed by atoms with Gasteiger partial charge in [0.05, 0.1) is 6.61 Å². The molecule has 0 aromatic heterocycles. The first kappa shape index (κ1) is 14.0. The van der Waals surface area contributed by atoms with E-state index in [0.29, 0.717) is 6.61 Å². The molecule has 0 aromatic carbocycles. The van der Waals surface area contributed by atoms with Gasteiger partial charge in [0.2, 0.25) is 0 Å². The minimum atomic E-state index is -1.11. The zero-order chi connectivity index (χ0) is 12.7. The molecule has 5 heteroatoms. The molecule has 17 heavy (non-hydrogen) atoms. The third-order valence-electron chi connectivity index (χ3n) is 2.71. The smallest absolute Gasteiger partial charge is 0.338 e. The maximum atomic E-state index is 11.2. The Morgan fingerprint density at radius 3 is 2.35 bits per heavy atom. The summed E-state index contributed by atoms with van der Waals surface area (Å²) >= 11 is 0. The molecule has 2 atom stereocenters. The number of carboxylic acids is 1. The molecule has 0 aromatic rings. The average Bonchev–Trinajstić information content (AvgIpc) is 3.07. The summed E-state index contributed by atoms with van der Waals surface area (Å²) in [6.07, 6.45) is 4.83. The molecule has 2 unspecified atom stereocenters. The van der Waals surface area contributed by atoms with Crippen molar-refractivity contribution in [1.29, 1.82) is 0 Å². The second-order valence-corrected chi connectivity index (χ2v) is 4.25. The topological polar surface area (TPSA) is 76.1 Å². The summed E-state index contributed by atoms with van der Waals surface area (Å²) in [6.45, 7) is 2.52. The van der Waals surface area contributed by atoms with Crippen LogP contribution in [0, 0.1) is 0 Å². The van der Waals surface area contributed by atoms with E-state index in [-0.39, 0.29) is 0 Å². The molecule has 1 N–H and O–H groups in total. The molecule has 1 aliphatic rings. The maximum absolute atomic E-state index is 11.2. The first-order chi connectivity index (χ1) is 8.16. The quantitative estimate of drug-likeness (QED) is 0.380. The average molecular weight is 244 g/mol. The van der Waals surface area contributed by atoms with Gasteiger partial charge in [0.15, 0.2) is 12.2 Å². The molecular formula is C12H20O5. The predicted molar refractivity (Wildman–Crippen MR) is 60.6 cm³/mol. The number of epoxide rings is 1. The van der Waals surface area contributed by atoms with Crippen molar-refractivity contribution in [2.75, 3.05) is 6.61 Å². The molecule has 1 fully saturated rings. The molecular weight excluding hydrogens is 224 g/mol. The highest BCUT2D eigenvalue weighted by atomic mass is 16.7. The van der Waals surface area contributed by atoms with Crippen LogP contribution >= 0.6 is 0 Å². The van der Waals surface area contributed by atoms with Crippen LogP contribution in [-0.4, -0.2) is 35.9 Å². The summed E-state index contributed by atoms with van der Waals surface area (Å²) < 4.78 is 9.60. The summed E-state index contributed by atoms with van der Waals surface area (Å²) in [6, 6.07) is 0. The van der Waals surface area contributed by atoms with Gasteiger partial charge in [-0.15, -0.1) is 0 Å². The Kier molecular flexibility index (Phi) is 5.97. The normalized spacial score (nSPS) is 22.2. The minimum absolute atomic E-state index is 0.358. The Labute approximate surface area is 101 Å². The first-order valence-electron chi connectivity index (χ1n) is 6.21. The highest BCUT2D eigenvalue weighted by Crippen LogP contribution is 2.23. The molecule has 1 aliphatic heterocycles. The molecule has 0 radical (unpaired) electrons. The number of carboxylic acid groups (broad SMARTS) is 1. The maximum Gasteiger partial charge on any atom is 0.338 e. The number of carbonyl (C=O) groups is 2. The van der Waals surface area contributed by atoms with E-state index >= 15 is 0 Å². The standard InChI is InChI=1S/C12H20O5/c1-2-3-4-5-6-7-8-16-12(15)10-9(17-10)11(13)14/h9-10H,2-8H2,1H3,(H,13,14). The Bertz CT molecular complexity index is 264. The van der Waals surface area contributed by atoms with Crippen molar-refractivity contribution in [3.05, 3.63) is 0 Å². The highest BCUT2D eigenvalue weighted by Gasteiger charge is 2.51. The minimum Gasteiger partial charge on any atom is -0.479 e. The number of esters is 1. The fourth-order valence-corrected chi connectivity index (χ4v) is 1.62. The van der Waals surface area contributed by atoms with Crippen LogP contribution in [0.1, 0.15) is 45.4 Å². The molecule has 1 heterocycles. The van der Waals surface area contributed by atoms with Gasteiger partial charge in [-0.3, -0.25) is 0 Å². The first-order valence-corrected chi connectivity index (χ1v) is 6.21. The van der Waals surface area contributed by atoms with E-state index in [1.165, 1.54) is 19.3 Å². The van der Waals surface area contributed by atoms with E-state index in [1.54, 1.807) is 0 Å². The van der Waals surface area contributed by atoms with Gasteiger partial charge in [-0.05, 0) is 6.42 Å². The third kappa shape index (κ3) is 5.17. The molecule has 0 aliphatic carbocycles. The van der Waals surface area contributed by atoms with Crippen LogP contribution in [0.5, 0.6) is 0 Å². The van der Waals surface area contributed by atoms with E-state index < -0.39 is 24.1 Å². The Morgan fingerprint density at radius 1 is 1.12 bits per heavy atom. The van der Waals surface area contributed by atoms with Crippen molar-refractivity contribution >= 4 is 11.9 Å². The molecule has 0 amide bonds. The van der Waals surface area contributed by atoms with E-state index in [4.69, 9.17) is 9.84 Å². The van der Waals surface area contributed by atoms with Crippen molar-refractivity contribution in [2.24, 2.45) is 0 Å². The van der Waals surface area contributed by atoms with E-state index in [0.717, 1.165) is 19.3 Å². The lowest BCUT2D eigenvalue weighted by Gasteiger charge is -2.02. The van der Waals surface area contributed by atoms with Crippen molar-refractivity contribution < 1.29 is 24.2 Å². The summed E-state index contributed by atoms with van der Waals surface area (Å²) in [4.78, 5) is 21.7. The van der Waals surface area contributed by atoms with Crippen LogP contribution in [0.15, 0.2) is 0 Å². The summed E-state index contributed by atoms with van der Waals surface area (Å²) in [7, 11) is 0. The van der Waals surface area contributed by atoms with Crippen LogP contribution < -0.4 is 0 Å². The summed E-state index contributed by atoms with van der Waals surface area (Å²) in [5.74, 6) is -1.66. The van der Waals surface area contributed by atoms with Gasteiger partial charge in [0.25, 0.3) is 0 Å². The number of hydrogen-bond acceptors (Lipinski definition) is 4. The van der Waals surface area contributed by atoms with E-state index in [9.17, 15) is 9.59 Å². The molecule has 98 valence electrons. The Hall–Kier alpha value is -1.10. The lowest BCUT2D eigenvalue weighted by atomic mass is 10.1. The van der Waals surface area contributed by atoms with Crippen molar-refractivity contribution in [2.45, 2.75) is 57.7 Å². The van der Waals surface area contributed by atoms with Gasteiger partial charge in [-0.25, -0.2) is 9.59 Å². The van der Waals surface area contributed by atoms with Crippen molar-refractivity contribution in [3.63, 3.8) is 0 Å². The Balaban J connectivity index is 1.93. The van der Waals surface area contributed by atoms with Gasteiger partial charge in [0, 0.05) is 0 Å². The number of aliphatic carboxylic acids is 1. The number of hydrogen-bond donors (Lipinski definition) is 1. The monoisotopic (exact) mass is 244 g/mol. The van der Waals surface area contributed by atoms with Crippen LogP contribution in [0.25, 0.3) is 0 Å². The van der Waals surface area contributed by atoms with Gasteiger partial charge >= 0.3 is 11.9 Å². The third-order valence-corrected chi connectivity index (χ3v) is 2.71. The highest BCUT2D eigenvalue weighted by molar-refractivity contribution is 5.88. The number of ether oxygens (including phenoxy) is 2. The fraction of sp³-hybridized carbons (Fsp3) is 0.833. The SMILES string of the molecule is CCCCCCCCOC(=O)C1OC1C(=O)O. The van der Waals surface area contributed by atoms with Gasteiger partial charge in [-0.1, -0.05) is 39.0 Å². The molecule has 1 rings (SSSR count). The molecule has 0 saturated carbocycles. The number of rotatable bonds is 9. The zero-order valence-corrected chi connectivity index (χ0v) is 10.2. The predicted octanol–water partition coefficient (Wildman–Crippen LogP) is 1.74. The second-order valence-electron chi connectivity index (χ2n) is 4.25.